The molecule has 0 aliphatic carbocycles. The van der Waals surface area contributed by atoms with Gasteiger partial charge in [0.25, 0.3) is 0 Å². The zero-order valence-corrected chi connectivity index (χ0v) is 10.7. The van der Waals surface area contributed by atoms with Crippen LogP contribution in [0.25, 0.3) is 12.2 Å². The Hall–Kier alpha value is -2.01. The van der Waals surface area contributed by atoms with Gasteiger partial charge >= 0.3 is 5.97 Å². The smallest absolute Gasteiger partial charge is 0.357 e. The topological polar surface area (TPSA) is 52.1 Å². The van der Waals surface area contributed by atoms with Crippen molar-refractivity contribution >= 4 is 29.5 Å². The molecule has 0 aromatic carbocycles. The molecular weight excluding hydrogens is 248 g/mol. The zero-order chi connectivity index (χ0) is 12.8. The van der Waals surface area contributed by atoms with E-state index in [0.717, 1.165) is 10.6 Å². The minimum absolute atomic E-state index is 0.358. The molecule has 0 N–H and O–H groups in total. The molecule has 0 saturated carbocycles. The van der Waals surface area contributed by atoms with Gasteiger partial charge in [0, 0.05) is 17.8 Å². The van der Waals surface area contributed by atoms with E-state index >= 15 is 0 Å². The molecule has 92 valence electrons. The standard InChI is InChI=1S/C13H12N2O2S/c1-2-17-13(16)11-9-18-12(15-11)4-3-10-5-7-14-8-6-10/h3-9H,2H2,1H3/b4-3+. The van der Waals surface area contributed by atoms with E-state index in [1.165, 1.54) is 11.3 Å². The lowest BCUT2D eigenvalue weighted by Gasteiger charge is -1.95. The summed E-state index contributed by atoms with van der Waals surface area (Å²) in [6.07, 6.45) is 7.25. The van der Waals surface area contributed by atoms with Crippen molar-refractivity contribution in [3.8, 4) is 0 Å². The van der Waals surface area contributed by atoms with Crippen molar-refractivity contribution in [2.45, 2.75) is 6.92 Å². The molecule has 0 amide bonds. The number of hydrogen-bond acceptors (Lipinski definition) is 5. The quantitative estimate of drug-likeness (QED) is 0.793. The van der Waals surface area contributed by atoms with Crippen molar-refractivity contribution in [1.82, 2.24) is 9.97 Å². The Morgan fingerprint density at radius 2 is 2.17 bits per heavy atom. The lowest BCUT2D eigenvalue weighted by Crippen LogP contribution is -2.04. The summed E-state index contributed by atoms with van der Waals surface area (Å²) >= 11 is 1.41. The van der Waals surface area contributed by atoms with E-state index in [0.29, 0.717) is 12.3 Å². The van der Waals surface area contributed by atoms with Gasteiger partial charge in [0.1, 0.15) is 5.01 Å². The number of esters is 1. The number of carbonyl (C=O) groups is 1. The van der Waals surface area contributed by atoms with Gasteiger partial charge in [0.15, 0.2) is 5.69 Å². The summed E-state index contributed by atoms with van der Waals surface area (Å²) in [5.41, 5.74) is 1.40. The van der Waals surface area contributed by atoms with Crippen LogP contribution in [0, 0.1) is 0 Å². The Morgan fingerprint density at radius 1 is 1.39 bits per heavy atom. The van der Waals surface area contributed by atoms with E-state index in [2.05, 4.69) is 9.97 Å². The third kappa shape index (κ3) is 3.24. The lowest BCUT2D eigenvalue weighted by molar-refractivity contribution is 0.0520. The first-order valence-electron chi connectivity index (χ1n) is 5.50. The van der Waals surface area contributed by atoms with Crippen LogP contribution in [0.4, 0.5) is 0 Å². The van der Waals surface area contributed by atoms with Gasteiger partial charge in [-0.3, -0.25) is 4.98 Å². The van der Waals surface area contributed by atoms with E-state index in [-0.39, 0.29) is 5.97 Å². The first-order chi connectivity index (χ1) is 8.79. The fourth-order valence-corrected chi connectivity index (χ4v) is 1.98. The van der Waals surface area contributed by atoms with Gasteiger partial charge < -0.3 is 4.74 Å². The summed E-state index contributed by atoms with van der Waals surface area (Å²) in [7, 11) is 0. The van der Waals surface area contributed by atoms with Gasteiger partial charge in [0.05, 0.1) is 6.61 Å². The minimum Gasteiger partial charge on any atom is -0.461 e. The summed E-state index contributed by atoms with van der Waals surface area (Å²) < 4.78 is 4.88. The number of hydrogen-bond donors (Lipinski definition) is 0. The number of aromatic nitrogens is 2. The molecule has 0 radical (unpaired) electrons. The molecule has 2 aromatic rings. The highest BCUT2D eigenvalue weighted by Gasteiger charge is 2.09. The van der Waals surface area contributed by atoms with Crippen LogP contribution in [0.3, 0.4) is 0 Å². The minimum atomic E-state index is -0.377. The average molecular weight is 260 g/mol. The Kier molecular flexibility index (Phi) is 4.20. The highest BCUT2D eigenvalue weighted by Crippen LogP contribution is 2.14. The van der Waals surface area contributed by atoms with E-state index in [1.54, 1.807) is 24.7 Å². The molecule has 2 heterocycles. The van der Waals surface area contributed by atoms with Crippen LogP contribution in [0.5, 0.6) is 0 Å². The first kappa shape index (κ1) is 12.4. The van der Waals surface area contributed by atoms with Crippen LogP contribution < -0.4 is 0 Å². The molecule has 5 heteroatoms. The maximum Gasteiger partial charge on any atom is 0.357 e. The number of rotatable bonds is 4. The predicted molar refractivity (Wildman–Crippen MR) is 71.2 cm³/mol. The van der Waals surface area contributed by atoms with Crippen LogP contribution in [-0.2, 0) is 4.74 Å². The van der Waals surface area contributed by atoms with Gasteiger partial charge in [-0.1, -0.05) is 6.08 Å². The Morgan fingerprint density at radius 3 is 2.89 bits per heavy atom. The maximum absolute atomic E-state index is 11.4. The highest BCUT2D eigenvalue weighted by atomic mass is 32.1. The van der Waals surface area contributed by atoms with Gasteiger partial charge in [-0.05, 0) is 30.7 Å². The normalized spacial score (nSPS) is 10.7. The predicted octanol–water partition coefficient (Wildman–Crippen LogP) is 2.89. The monoisotopic (exact) mass is 260 g/mol. The van der Waals surface area contributed by atoms with E-state index in [9.17, 15) is 4.79 Å². The van der Waals surface area contributed by atoms with Gasteiger partial charge in [-0.15, -0.1) is 11.3 Å². The number of carbonyl (C=O) groups excluding carboxylic acids is 1. The Balaban J connectivity index is 2.07. The molecule has 0 fully saturated rings. The van der Waals surface area contributed by atoms with Crippen LogP contribution in [0.1, 0.15) is 28.0 Å². The largest absolute Gasteiger partial charge is 0.461 e. The van der Waals surface area contributed by atoms with Crippen LogP contribution in [0.2, 0.25) is 0 Å². The second-order valence-corrected chi connectivity index (χ2v) is 4.30. The van der Waals surface area contributed by atoms with Crippen molar-refractivity contribution < 1.29 is 9.53 Å². The number of thiazole rings is 1. The lowest BCUT2D eigenvalue weighted by atomic mass is 10.2. The van der Waals surface area contributed by atoms with E-state index in [4.69, 9.17) is 4.74 Å². The molecule has 0 bridgehead atoms. The van der Waals surface area contributed by atoms with Crippen molar-refractivity contribution in [1.29, 1.82) is 0 Å². The fourth-order valence-electron chi connectivity index (χ4n) is 1.31. The summed E-state index contributed by atoms with van der Waals surface area (Å²) in [4.78, 5) is 19.5. The second-order valence-electron chi connectivity index (χ2n) is 3.41. The molecule has 0 atom stereocenters. The van der Waals surface area contributed by atoms with Crippen LogP contribution >= 0.6 is 11.3 Å². The molecule has 0 unspecified atom stereocenters. The number of pyridine rings is 1. The van der Waals surface area contributed by atoms with Gasteiger partial charge in [-0.2, -0.15) is 0 Å². The van der Waals surface area contributed by atoms with E-state index in [1.807, 2.05) is 24.3 Å². The van der Waals surface area contributed by atoms with Crippen molar-refractivity contribution in [3.05, 3.63) is 46.2 Å². The van der Waals surface area contributed by atoms with Gasteiger partial charge in [0.2, 0.25) is 0 Å². The molecule has 2 aromatic heterocycles. The fraction of sp³-hybridized carbons (Fsp3) is 0.154. The summed E-state index contributed by atoms with van der Waals surface area (Å²) in [6, 6.07) is 3.80. The summed E-state index contributed by atoms with van der Waals surface area (Å²) in [5.74, 6) is -0.377. The molecule has 18 heavy (non-hydrogen) atoms. The molecule has 4 nitrogen and oxygen atoms in total. The first-order valence-corrected chi connectivity index (χ1v) is 6.38. The maximum atomic E-state index is 11.4. The molecule has 0 aliphatic heterocycles. The van der Waals surface area contributed by atoms with Crippen molar-refractivity contribution in [2.75, 3.05) is 6.61 Å². The third-order valence-electron chi connectivity index (χ3n) is 2.13. The summed E-state index contributed by atoms with van der Waals surface area (Å²) in [6.45, 7) is 2.13. The molecular formula is C13H12N2O2S. The average Bonchev–Trinajstić information content (AvgIpc) is 2.87. The van der Waals surface area contributed by atoms with Crippen molar-refractivity contribution in [3.63, 3.8) is 0 Å². The molecule has 0 aliphatic rings. The number of ether oxygens (including phenoxy) is 1. The molecule has 0 spiro atoms. The second kappa shape index (κ2) is 6.07. The highest BCUT2D eigenvalue weighted by molar-refractivity contribution is 7.10. The number of nitrogens with zero attached hydrogens (tertiary/aromatic N) is 2. The van der Waals surface area contributed by atoms with Gasteiger partial charge in [-0.25, -0.2) is 9.78 Å². The SMILES string of the molecule is CCOC(=O)c1csc(/C=C/c2ccncc2)n1. The summed E-state index contributed by atoms with van der Waals surface area (Å²) in [5, 5.41) is 2.47. The van der Waals surface area contributed by atoms with E-state index < -0.39 is 0 Å². The zero-order valence-electron chi connectivity index (χ0n) is 9.87. The molecule has 2 rings (SSSR count). The van der Waals surface area contributed by atoms with Crippen molar-refractivity contribution in [2.24, 2.45) is 0 Å². The Labute approximate surface area is 109 Å². The van der Waals surface area contributed by atoms with Crippen LogP contribution in [0.15, 0.2) is 29.9 Å². The molecule has 0 saturated heterocycles. The third-order valence-corrected chi connectivity index (χ3v) is 2.94. The van der Waals surface area contributed by atoms with Crippen LogP contribution in [-0.4, -0.2) is 22.5 Å². The Bertz CT molecular complexity index is 549.